The van der Waals surface area contributed by atoms with Crippen LogP contribution in [0.15, 0.2) is 49.3 Å². The summed E-state index contributed by atoms with van der Waals surface area (Å²) in [7, 11) is 3.31. The average Bonchev–Trinajstić information content (AvgIpc) is 4.38. The molecule has 6 aromatic heterocycles. The number of halogens is 1. The molecule has 2 N–H and O–H groups in total. The first-order valence-corrected chi connectivity index (χ1v) is 29.5. The largest absolute Gasteiger partial charge is 0.498 e. The number of hydrogen-bond acceptors (Lipinski definition) is 16. The summed E-state index contributed by atoms with van der Waals surface area (Å²) in [5, 5.41) is 25.7. The lowest BCUT2D eigenvalue weighted by molar-refractivity contribution is -0.120. The van der Waals surface area contributed by atoms with Gasteiger partial charge in [0.05, 0.1) is 51.5 Å². The second kappa shape index (κ2) is 24.5. The number of hydrogen-bond donors (Lipinski definition) is 2. The van der Waals surface area contributed by atoms with Gasteiger partial charge < -0.3 is 48.7 Å². The molecule has 0 aromatic carbocycles. The topological polar surface area (TPSA) is 251 Å². The first kappa shape index (κ1) is 61.6. The Labute approximate surface area is 496 Å². The number of piperidine rings is 2. The van der Waals surface area contributed by atoms with Gasteiger partial charge in [-0.3, -0.25) is 28.3 Å². The van der Waals surface area contributed by atoms with E-state index in [0.717, 1.165) is 64.2 Å². The Balaban J connectivity index is 0.000000159. The molecular weight excluding hydrogens is 1100 g/mol. The van der Waals surface area contributed by atoms with E-state index in [-0.39, 0.29) is 71.3 Å². The minimum absolute atomic E-state index is 0.0537. The van der Waals surface area contributed by atoms with E-state index < -0.39 is 18.3 Å². The van der Waals surface area contributed by atoms with Crippen LogP contribution in [0.25, 0.3) is 33.1 Å². The Morgan fingerprint density at radius 2 is 1.11 bits per heavy atom. The predicted octanol–water partition coefficient (Wildman–Crippen LogP) is 7.59. The molecule has 0 unspecified atom stereocenters. The fraction of sp³-hybridized carbons (Fsp3) is 0.621. The predicted molar refractivity (Wildman–Crippen MR) is 316 cm³/mol. The van der Waals surface area contributed by atoms with Crippen molar-refractivity contribution in [1.82, 2.24) is 69.5 Å². The summed E-state index contributed by atoms with van der Waals surface area (Å²) in [5.41, 5.74) is 2.37. The number of ether oxygens (including phenoxy) is 4. The van der Waals surface area contributed by atoms with Gasteiger partial charge in [-0.05, 0) is 115 Å². The molecule has 0 spiro atoms. The molecule has 0 bridgehead atoms. The van der Waals surface area contributed by atoms with Crippen LogP contribution in [0.3, 0.4) is 0 Å². The fourth-order valence-electron chi connectivity index (χ4n) is 10.6. The quantitative estimate of drug-likeness (QED) is 0.0990. The second-order valence-electron chi connectivity index (χ2n) is 25.7. The molecular formula is C58H82BClN14O10. The van der Waals surface area contributed by atoms with Gasteiger partial charge in [-0.15, -0.1) is 0 Å². The zero-order valence-corrected chi connectivity index (χ0v) is 51.7. The van der Waals surface area contributed by atoms with Crippen molar-refractivity contribution in [2.75, 3.05) is 39.3 Å². The van der Waals surface area contributed by atoms with Gasteiger partial charge in [-0.1, -0.05) is 11.6 Å². The van der Waals surface area contributed by atoms with E-state index in [1.54, 1.807) is 25.2 Å². The first-order valence-electron chi connectivity index (χ1n) is 29.1. The third-order valence-corrected chi connectivity index (χ3v) is 16.3. The maximum absolute atomic E-state index is 12.4. The van der Waals surface area contributed by atoms with Gasteiger partial charge in [0.15, 0.2) is 0 Å². The number of carbonyl (C=O) groups is 4. The zero-order chi connectivity index (χ0) is 60.6. The molecule has 84 heavy (non-hydrogen) atoms. The molecule has 5 aliphatic heterocycles. The van der Waals surface area contributed by atoms with E-state index in [1.165, 1.54) is 0 Å². The molecule has 0 aliphatic carbocycles. The minimum Gasteiger partial charge on any atom is -0.474 e. The number of aryl methyl sites for hydroxylation is 2. The van der Waals surface area contributed by atoms with Crippen LogP contribution < -0.4 is 25.6 Å². The number of nitrogens with zero attached hydrogens (tertiary/aromatic N) is 12. The van der Waals surface area contributed by atoms with Gasteiger partial charge in [0, 0.05) is 126 Å². The van der Waals surface area contributed by atoms with Crippen LogP contribution >= 0.6 is 11.6 Å². The molecule has 5 fully saturated rings. The summed E-state index contributed by atoms with van der Waals surface area (Å²) in [6.07, 6.45) is 14.8. The monoisotopic (exact) mass is 1180 g/mol. The van der Waals surface area contributed by atoms with Gasteiger partial charge in [-0.25, -0.2) is 19.6 Å². The molecule has 26 heteroatoms. The molecule has 11 heterocycles. The molecule has 6 aromatic rings. The van der Waals surface area contributed by atoms with Crippen LogP contribution in [-0.4, -0.2) is 164 Å². The van der Waals surface area contributed by atoms with Crippen LogP contribution in [0, 0.1) is 11.8 Å². The number of rotatable bonds is 10. The molecule has 4 amide bonds. The summed E-state index contributed by atoms with van der Waals surface area (Å²) < 4.78 is 42.8. The number of likely N-dealkylation sites (tertiary alicyclic amines) is 2. The molecule has 5 saturated heterocycles. The standard InChI is InChI=1S/C26H35N7O4.C19H32BN3O4.C13H15ClN4O2/c1-16(17-10-23(34)27-12-17)36-24-20-15-31(5)30-22(20)11-21(29-24)18-13-28-33(14-18)19-6-8-32(9-7-19)25(35)37-26(2,3)4;1-17(2,3)25-16(24)22-10-8-15(9-11-22)23-13-14(12-21-23)20-26-18(4,5)19(6,7)27-20;1-7(8-3-12(19)15-5-8)20-13-9-6-18(2)17-10(9)4-11(14)16-13/h11,13-17,19H,6-10,12H2,1-5H3,(H,27,34);12-13,15H,8-11H2,1-7H3;4,6-8H,3,5H2,1-2H3,(H,15,19)/t16-,17-;;7-,8-/m1.1/s1. The molecule has 454 valence electrons. The second-order valence-corrected chi connectivity index (χ2v) is 26.1. The number of fused-ring (bicyclic) bond motifs is 2. The van der Waals surface area contributed by atoms with Crippen LogP contribution in [-0.2, 0) is 42.5 Å². The van der Waals surface area contributed by atoms with Crippen molar-refractivity contribution < 1.29 is 47.4 Å². The molecule has 11 rings (SSSR count). The van der Waals surface area contributed by atoms with Crippen molar-refractivity contribution in [2.45, 2.75) is 168 Å². The summed E-state index contributed by atoms with van der Waals surface area (Å²) >= 11 is 5.99. The SMILES string of the molecule is CC(C)(C)OC(=O)N1CCC(n2cc(B3OC(C)(C)C(C)(C)O3)cn2)CC1.C[C@@H](Oc1nc(-c2cnn(C3CCN(C(=O)OC(C)(C)C)CC3)c2)cc2nn(C)cc12)[C@H]1CNC(=O)C1.C[C@@H](Oc1nc(Cl)cc2nn(C)cc12)[C@H]1CNC(=O)C1. The third kappa shape index (κ3) is 14.9. The van der Waals surface area contributed by atoms with Gasteiger partial charge in [0.2, 0.25) is 23.6 Å². The van der Waals surface area contributed by atoms with Crippen molar-refractivity contribution in [3.05, 3.63) is 54.5 Å². The highest BCUT2D eigenvalue weighted by Gasteiger charge is 2.52. The van der Waals surface area contributed by atoms with Crippen molar-refractivity contribution in [2.24, 2.45) is 25.9 Å². The normalized spacial score (nSPS) is 20.9. The van der Waals surface area contributed by atoms with E-state index >= 15 is 0 Å². The number of nitrogens with one attached hydrogen (secondary N) is 2. The van der Waals surface area contributed by atoms with E-state index in [2.05, 4.69) is 36.0 Å². The molecule has 5 aliphatic rings. The van der Waals surface area contributed by atoms with Crippen molar-refractivity contribution in [3.8, 4) is 23.0 Å². The maximum Gasteiger partial charge on any atom is 0.498 e. The highest BCUT2D eigenvalue weighted by atomic mass is 35.5. The van der Waals surface area contributed by atoms with Crippen molar-refractivity contribution in [1.29, 1.82) is 0 Å². The lowest BCUT2D eigenvalue weighted by Gasteiger charge is -2.33. The molecule has 4 atom stereocenters. The third-order valence-electron chi connectivity index (χ3n) is 16.1. The van der Waals surface area contributed by atoms with Gasteiger partial charge in [0.1, 0.15) is 34.1 Å². The molecule has 0 saturated carbocycles. The van der Waals surface area contributed by atoms with Crippen LogP contribution in [0.4, 0.5) is 9.59 Å². The zero-order valence-electron chi connectivity index (χ0n) is 51.0. The lowest BCUT2D eigenvalue weighted by Crippen LogP contribution is -2.42. The Bertz CT molecular complexity index is 3310. The lowest BCUT2D eigenvalue weighted by atomic mass is 9.82. The number of carbonyl (C=O) groups excluding carboxylic acids is 4. The maximum atomic E-state index is 12.4. The number of amides is 4. The summed E-state index contributed by atoms with van der Waals surface area (Å²) in [4.78, 5) is 60.2. The van der Waals surface area contributed by atoms with Crippen LogP contribution in [0.2, 0.25) is 5.15 Å². The smallest absolute Gasteiger partial charge is 0.474 e. The van der Waals surface area contributed by atoms with Crippen molar-refractivity contribution >= 4 is 70.0 Å². The van der Waals surface area contributed by atoms with E-state index in [0.29, 0.717) is 69.0 Å². The number of aromatic nitrogens is 10. The summed E-state index contributed by atoms with van der Waals surface area (Å²) in [6, 6.07) is 4.10. The summed E-state index contributed by atoms with van der Waals surface area (Å²) in [6.45, 7) is 27.2. The molecule has 24 nitrogen and oxygen atoms in total. The average molecular weight is 1180 g/mol. The van der Waals surface area contributed by atoms with Crippen LogP contribution in [0.5, 0.6) is 11.8 Å². The Hall–Kier alpha value is -6.99. The first-order chi connectivity index (χ1) is 39.5. The minimum atomic E-state index is -0.502. The number of pyridine rings is 2. The van der Waals surface area contributed by atoms with Crippen LogP contribution in [0.1, 0.15) is 134 Å². The van der Waals surface area contributed by atoms with E-state index in [9.17, 15) is 19.2 Å². The Morgan fingerprint density at radius 3 is 1.56 bits per heavy atom. The highest BCUT2D eigenvalue weighted by molar-refractivity contribution is 6.62. The van der Waals surface area contributed by atoms with Gasteiger partial charge in [0.25, 0.3) is 0 Å². The highest BCUT2D eigenvalue weighted by Crippen LogP contribution is 2.37. The van der Waals surface area contributed by atoms with Gasteiger partial charge >= 0.3 is 19.3 Å². The Kier molecular flexibility index (Phi) is 18.0. The molecule has 0 radical (unpaired) electrons. The fourth-order valence-corrected chi connectivity index (χ4v) is 10.8. The Morgan fingerprint density at radius 1 is 0.667 bits per heavy atom. The van der Waals surface area contributed by atoms with Crippen molar-refractivity contribution in [3.63, 3.8) is 0 Å². The van der Waals surface area contributed by atoms with Gasteiger partial charge in [-0.2, -0.15) is 20.4 Å². The van der Waals surface area contributed by atoms with E-state index in [1.807, 2.05) is 150 Å². The summed E-state index contributed by atoms with van der Waals surface area (Å²) in [5.74, 6) is 1.33. The van der Waals surface area contributed by atoms with E-state index in [4.69, 9.17) is 44.8 Å².